The fourth-order valence-electron chi connectivity index (χ4n) is 3.03. The summed E-state index contributed by atoms with van der Waals surface area (Å²) < 4.78 is 40.8. The van der Waals surface area contributed by atoms with Crippen molar-refractivity contribution < 1.29 is 18.3 Å². The highest BCUT2D eigenvalue weighted by atomic mass is 35.5. The molecule has 0 amide bonds. The van der Waals surface area contributed by atoms with Crippen LogP contribution in [0.3, 0.4) is 0 Å². The van der Waals surface area contributed by atoms with Gasteiger partial charge in [0.2, 0.25) is 0 Å². The zero-order valence-electron chi connectivity index (χ0n) is 15.1. The first-order chi connectivity index (χ1) is 14.3. The molecule has 5 nitrogen and oxygen atoms in total. The topological polar surface area (TPSA) is 63.0 Å². The zero-order valence-corrected chi connectivity index (χ0v) is 16.6. The monoisotopic (exact) mass is 452 g/mol. The number of nitrogens with one attached hydrogen (secondary N) is 1. The molecule has 0 aliphatic heterocycles. The van der Waals surface area contributed by atoms with Gasteiger partial charge in [-0.3, -0.25) is 0 Å². The lowest BCUT2D eigenvalue weighted by Crippen LogP contribution is -2.11. The maximum Gasteiger partial charge on any atom is 0.416 e. The van der Waals surface area contributed by atoms with Crippen molar-refractivity contribution in [2.75, 3.05) is 5.32 Å². The van der Waals surface area contributed by atoms with Crippen molar-refractivity contribution in [3.8, 4) is 11.4 Å². The van der Waals surface area contributed by atoms with E-state index in [0.717, 1.165) is 6.07 Å². The summed E-state index contributed by atoms with van der Waals surface area (Å²) in [4.78, 5) is 4.11. The van der Waals surface area contributed by atoms with Crippen LogP contribution in [0, 0.1) is 0 Å². The van der Waals surface area contributed by atoms with Crippen LogP contribution in [-0.4, -0.2) is 19.9 Å². The summed E-state index contributed by atoms with van der Waals surface area (Å²) in [6, 6.07) is 12.3. The van der Waals surface area contributed by atoms with Gasteiger partial charge in [0.1, 0.15) is 0 Å². The Morgan fingerprint density at radius 2 is 1.73 bits per heavy atom. The molecule has 2 aromatic heterocycles. The van der Waals surface area contributed by atoms with E-state index in [1.54, 1.807) is 30.3 Å². The van der Waals surface area contributed by atoms with Gasteiger partial charge < -0.3 is 10.4 Å². The molecule has 4 rings (SSSR count). The SMILES string of the molecule is Oc1c(Cl)nc2c(cnn2-c2ccc(NCc3ccccc3C(F)(F)F)cc2)c1Cl. The van der Waals surface area contributed by atoms with E-state index in [-0.39, 0.29) is 28.0 Å². The lowest BCUT2D eigenvalue weighted by molar-refractivity contribution is -0.138. The van der Waals surface area contributed by atoms with Crippen molar-refractivity contribution in [1.29, 1.82) is 0 Å². The minimum atomic E-state index is -4.41. The molecule has 0 aliphatic carbocycles. The highest BCUT2D eigenvalue weighted by Gasteiger charge is 2.32. The molecule has 2 aromatic carbocycles. The zero-order chi connectivity index (χ0) is 21.5. The lowest BCUT2D eigenvalue weighted by Gasteiger charge is -2.14. The Kier molecular flexibility index (Phi) is 5.21. The standard InChI is InChI=1S/C20H13Cl2F3N4O/c21-16-14-10-27-29(19(14)28-18(22)17(16)30)13-7-5-12(6-8-13)26-9-11-3-1-2-4-15(11)20(23,24)25/h1-8,10,26,30H,9H2. The minimum Gasteiger partial charge on any atom is -0.504 e. The second-order valence-electron chi connectivity index (χ2n) is 6.41. The molecule has 0 fully saturated rings. The molecule has 2 heterocycles. The maximum atomic E-state index is 13.1. The number of alkyl halides is 3. The second-order valence-corrected chi connectivity index (χ2v) is 7.15. The molecule has 0 unspecified atom stereocenters. The summed E-state index contributed by atoms with van der Waals surface area (Å²) >= 11 is 12.0. The number of halogens is 5. The first-order valence-electron chi connectivity index (χ1n) is 8.67. The van der Waals surface area contributed by atoms with Crippen molar-refractivity contribution in [2.24, 2.45) is 0 Å². The number of benzene rings is 2. The van der Waals surface area contributed by atoms with Gasteiger partial charge in [-0.2, -0.15) is 18.3 Å². The van der Waals surface area contributed by atoms with Crippen LogP contribution in [0.15, 0.2) is 54.7 Å². The molecular weight excluding hydrogens is 440 g/mol. The molecule has 0 saturated carbocycles. The summed E-state index contributed by atoms with van der Waals surface area (Å²) in [7, 11) is 0. The van der Waals surface area contributed by atoms with Crippen LogP contribution in [0.4, 0.5) is 18.9 Å². The number of hydrogen-bond donors (Lipinski definition) is 2. The van der Waals surface area contributed by atoms with Crippen LogP contribution >= 0.6 is 23.2 Å². The van der Waals surface area contributed by atoms with Crippen molar-refractivity contribution in [3.05, 3.63) is 76.0 Å². The molecule has 2 N–H and O–H groups in total. The fourth-order valence-corrected chi connectivity index (χ4v) is 3.47. The van der Waals surface area contributed by atoms with E-state index in [1.165, 1.54) is 23.0 Å². The van der Waals surface area contributed by atoms with Crippen molar-refractivity contribution in [1.82, 2.24) is 14.8 Å². The number of hydrogen-bond acceptors (Lipinski definition) is 4. The Balaban J connectivity index is 1.57. The Bertz CT molecular complexity index is 1220. The summed E-state index contributed by atoms with van der Waals surface area (Å²) in [5.74, 6) is -0.316. The smallest absolute Gasteiger partial charge is 0.416 e. The normalized spacial score (nSPS) is 11.8. The van der Waals surface area contributed by atoms with Crippen LogP contribution in [-0.2, 0) is 12.7 Å². The number of nitrogens with zero attached hydrogens (tertiary/aromatic N) is 3. The van der Waals surface area contributed by atoms with E-state index < -0.39 is 11.7 Å². The van der Waals surface area contributed by atoms with Gasteiger partial charge in [-0.25, -0.2) is 9.67 Å². The van der Waals surface area contributed by atoms with Gasteiger partial charge >= 0.3 is 6.18 Å². The third kappa shape index (κ3) is 3.76. The number of aromatic hydroxyl groups is 1. The van der Waals surface area contributed by atoms with Gasteiger partial charge in [0.05, 0.1) is 27.9 Å². The van der Waals surface area contributed by atoms with Crippen LogP contribution in [0.25, 0.3) is 16.7 Å². The van der Waals surface area contributed by atoms with Gasteiger partial charge in [0.15, 0.2) is 16.5 Å². The minimum absolute atomic E-state index is 0.0196. The van der Waals surface area contributed by atoms with Gasteiger partial charge in [-0.15, -0.1) is 0 Å². The molecular formula is C20H13Cl2F3N4O. The van der Waals surface area contributed by atoms with E-state index in [9.17, 15) is 18.3 Å². The number of pyridine rings is 1. The Morgan fingerprint density at radius 1 is 1.03 bits per heavy atom. The molecule has 10 heteroatoms. The molecule has 0 spiro atoms. The fraction of sp³-hybridized carbons (Fsp3) is 0.100. The van der Waals surface area contributed by atoms with Gasteiger partial charge in [0, 0.05) is 12.2 Å². The largest absolute Gasteiger partial charge is 0.504 e. The molecule has 0 radical (unpaired) electrons. The van der Waals surface area contributed by atoms with Crippen molar-refractivity contribution >= 4 is 39.9 Å². The summed E-state index contributed by atoms with van der Waals surface area (Å²) in [6.07, 6.45) is -2.95. The van der Waals surface area contributed by atoms with E-state index in [4.69, 9.17) is 23.2 Å². The molecule has 0 atom stereocenters. The number of aromatic nitrogens is 3. The van der Waals surface area contributed by atoms with Crippen LogP contribution in [0.5, 0.6) is 5.75 Å². The number of rotatable bonds is 4. The average Bonchev–Trinajstić information content (AvgIpc) is 3.14. The predicted octanol–water partition coefficient (Wildman–Crippen LogP) is 6.06. The Hall–Kier alpha value is -2.97. The van der Waals surface area contributed by atoms with Gasteiger partial charge in [-0.1, -0.05) is 41.4 Å². The van der Waals surface area contributed by atoms with Crippen molar-refractivity contribution in [2.45, 2.75) is 12.7 Å². The first-order valence-corrected chi connectivity index (χ1v) is 9.42. The van der Waals surface area contributed by atoms with E-state index >= 15 is 0 Å². The molecule has 0 bridgehead atoms. The van der Waals surface area contributed by atoms with Crippen molar-refractivity contribution in [3.63, 3.8) is 0 Å². The van der Waals surface area contributed by atoms with E-state index in [0.29, 0.717) is 22.4 Å². The van der Waals surface area contributed by atoms with E-state index in [2.05, 4.69) is 15.4 Å². The lowest BCUT2D eigenvalue weighted by atomic mass is 10.1. The van der Waals surface area contributed by atoms with E-state index in [1.807, 2.05) is 0 Å². The van der Waals surface area contributed by atoms with Crippen LogP contribution in [0.2, 0.25) is 10.2 Å². The van der Waals surface area contributed by atoms with Crippen LogP contribution < -0.4 is 5.32 Å². The molecule has 30 heavy (non-hydrogen) atoms. The predicted molar refractivity (Wildman–Crippen MR) is 109 cm³/mol. The average molecular weight is 453 g/mol. The molecule has 154 valence electrons. The Labute approximate surface area is 178 Å². The molecule has 0 aliphatic rings. The molecule has 0 saturated heterocycles. The molecule has 4 aromatic rings. The summed E-state index contributed by atoms with van der Waals surface area (Å²) in [5.41, 5.74) is 1.12. The summed E-state index contributed by atoms with van der Waals surface area (Å²) in [5, 5.41) is 17.4. The third-order valence-electron chi connectivity index (χ3n) is 4.51. The number of anilines is 1. The Morgan fingerprint density at radius 3 is 2.43 bits per heavy atom. The maximum absolute atomic E-state index is 13.1. The first kappa shape index (κ1) is 20.3. The highest BCUT2D eigenvalue weighted by molar-refractivity contribution is 6.40. The third-order valence-corrected chi connectivity index (χ3v) is 5.15. The number of fused-ring (bicyclic) bond motifs is 1. The summed E-state index contributed by atoms with van der Waals surface area (Å²) in [6.45, 7) is 0.0196. The quantitative estimate of drug-likeness (QED) is 0.369. The highest BCUT2D eigenvalue weighted by Crippen LogP contribution is 2.36. The second kappa shape index (κ2) is 7.70. The van der Waals surface area contributed by atoms with Gasteiger partial charge in [-0.05, 0) is 35.9 Å². The van der Waals surface area contributed by atoms with Gasteiger partial charge in [0.25, 0.3) is 0 Å². The van der Waals surface area contributed by atoms with Crippen LogP contribution in [0.1, 0.15) is 11.1 Å².